The van der Waals surface area contributed by atoms with Gasteiger partial charge in [0, 0.05) is 18.2 Å². The number of nitrogens with zero attached hydrogens (tertiary/aromatic N) is 2. The number of rotatable bonds is 9. The number of nitrogens with one attached hydrogen (secondary N) is 1. The maximum absolute atomic E-state index is 11.7. The maximum atomic E-state index is 11.7. The Labute approximate surface area is 210 Å². The Morgan fingerprint density at radius 2 is 1.92 bits per heavy atom. The van der Waals surface area contributed by atoms with Crippen molar-refractivity contribution in [2.75, 3.05) is 19.0 Å². The summed E-state index contributed by atoms with van der Waals surface area (Å²) in [6.07, 6.45) is 5.37. The Bertz CT molecular complexity index is 1420. The first kappa shape index (κ1) is 23.6. The standard InChI is InChI=1S/C29H29N3O4/c1-18-22-9-4-3-6-19(22)14-26(35-2)23(18)12-13-30-28-16-25(31-17-32-28)20-10-11-24(29(33)34)27(15-20)36-21-7-5-8-21/h3-4,6,9-11,14-17,21H,5,7-8,12-13H2,1-2H3,(H,33,34)(H,30,31,32). The largest absolute Gasteiger partial charge is 0.496 e. The molecule has 1 aliphatic carbocycles. The summed E-state index contributed by atoms with van der Waals surface area (Å²) in [5.41, 5.74) is 4.03. The summed E-state index contributed by atoms with van der Waals surface area (Å²) in [4.78, 5) is 20.4. The van der Waals surface area contributed by atoms with Crippen LogP contribution in [0.25, 0.3) is 22.0 Å². The van der Waals surface area contributed by atoms with Gasteiger partial charge in [0.2, 0.25) is 0 Å². The zero-order valence-corrected chi connectivity index (χ0v) is 20.5. The molecule has 1 saturated carbocycles. The highest BCUT2D eigenvalue weighted by molar-refractivity contribution is 5.92. The highest BCUT2D eigenvalue weighted by atomic mass is 16.5. The number of hydrogen-bond donors (Lipinski definition) is 2. The van der Waals surface area contributed by atoms with Crippen LogP contribution >= 0.6 is 0 Å². The van der Waals surface area contributed by atoms with E-state index in [1.54, 1.807) is 25.3 Å². The first-order chi connectivity index (χ1) is 17.5. The molecule has 36 heavy (non-hydrogen) atoms. The fraction of sp³-hybridized carbons (Fsp3) is 0.276. The van der Waals surface area contributed by atoms with E-state index in [0.717, 1.165) is 37.0 Å². The minimum absolute atomic E-state index is 0.0801. The molecular weight excluding hydrogens is 454 g/mol. The molecule has 0 aliphatic heterocycles. The monoisotopic (exact) mass is 483 g/mol. The van der Waals surface area contributed by atoms with Crippen LogP contribution in [0.4, 0.5) is 5.82 Å². The van der Waals surface area contributed by atoms with E-state index in [1.807, 2.05) is 12.1 Å². The van der Waals surface area contributed by atoms with Gasteiger partial charge in [-0.15, -0.1) is 0 Å². The lowest BCUT2D eigenvalue weighted by atomic mass is 9.96. The molecule has 0 radical (unpaired) electrons. The Morgan fingerprint density at radius 3 is 2.67 bits per heavy atom. The molecule has 1 heterocycles. The zero-order valence-electron chi connectivity index (χ0n) is 20.5. The number of aromatic carboxylic acids is 1. The minimum atomic E-state index is -1.000. The third-order valence-corrected chi connectivity index (χ3v) is 6.82. The highest BCUT2D eigenvalue weighted by Gasteiger charge is 2.22. The van der Waals surface area contributed by atoms with E-state index in [2.05, 4.69) is 46.5 Å². The van der Waals surface area contributed by atoms with Crippen LogP contribution in [0, 0.1) is 6.92 Å². The number of fused-ring (bicyclic) bond motifs is 1. The molecule has 2 N–H and O–H groups in total. The second kappa shape index (κ2) is 10.2. The SMILES string of the molecule is COc1cc2ccccc2c(C)c1CCNc1cc(-c2ccc(C(=O)O)c(OC3CCC3)c2)ncn1. The molecule has 3 aromatic carbocycles. The number of carboxylic acids is 1. The predicted molar refractivity (Wildman–Crippen MR) is 140 cm³/mol. The number of methoxy groups -OCH3 is 1. The van der Waals surface area contributed by atoms with E-state index in [1.165, 1.54) is 28.2 Å². The number of ether oxygens (including phenoxy) is 2. The number of carbonyl (C=O) groups is 1. The topological polar surface area (TPSA) is 93.6 Å². The number of aryl methyl sites for hydroxylation is 1. The first-order valence-corrected chi connectivity index (χ1v) is 12.2. The highest BCUT2D eigenvalue weighted by Crippen LogP contribution is 2.33. The number of carboxylic acid groups (broad SMARTS) is 1. The van der Waals surface area contributed by atoms with E-state index >= 15 is 0 Å². The van der Waals surface area contributed by atoms with Crippen molar-refractivity contribution in [3.8, 4) is 22.8 Å². The fourth-order valence-electron chi connectivity index (χ4n) is 4.58. The molecule has 4 aromatic rings. The van der Waals surface area contributed by atoms with Gasteiger partial charge < -0.3 is 19.9 Å². The average molecular weight is 484 g/mol. The molecule has 0 spiro atoms. The van der Waals surface area contributed by atoms with Crippen LogP contribution in [0.2, 0.25) is 0 Å². The molecule has 7 nitrogen and oxygen atoms in total. The van der Waals surface area contributed by atoms with Gasteiger partial charge >= 0.3 is 5.97 Å². The van der Waals surface area contributed by atoms with Crippen LogP contribution in [0.5, 0.6) is 11.5 Å². The summed E-state index contributed by atoms with van der Waals surface area (Å²) < 4.78 is 11.6. The van der Waals surface area contributed by atoms with Gasteiger partial charge in [-0.3, -0.25) is 0 Å². The van der Waals surface area contributed by atoms with Crippen LogP contribution in [0.1, 0.15) is 40.7 Å². The average Bonchev–Trinajstić information content (AvgIpc) is 2.87. The van der Waals surface area contributed by atoms with Gasteiger partial charge in [0.25, 0.3) is 0 Å². The van der Waals surface area contributed by atoms with E-state index in [9.17, 15) is 9.90 Å². The lowest BCUT2D eigenvalue weighted by Gasteiger charge is -2.27. The molecule has 0 atom stereocenters. The number of aromatic nitrogens is 2. The maximum Gasteiger partial charge on any atom is 0.339 e. The Kier molecular flexibility index (Phi) is 6.71. The van der Waals surface area contributed by atoms with E-state index in [4.69, 9.17) is 9.47 Å². The lowest BCUT2D eigenvalue weighted by Crippen LogP contribution is -2.25. The van der Waals surface area contributed by atoms with Gasteiger partial charge in [-0.2, -0.15) is 0 Å². The van der Waals surface area contributed by atoms with Crippen molar-refractivity contribution in [3.63, 3.8) is 0 Å². The van der Waals surface area contributed by atoms with Crippen molar-refractivity contribution >= 4 is 22.6 Å². The zero-order chi connectivity index (χ0) is 25.1. The molecule has 7 heteroatoms. The summed E-state index contributed by atoms with van der Waals surface area (Å²) in [5.74, 6) is 0.965. The second-order valence-corrected chi connectivity index (χ2v) is 9.06. The summed E-state index contributed by atoms with van der Waals surface area (Å²) in [6, 6.07) is 17.4. The number of hydrogen-bond acceptors (Lipinski definition) is 6. The summed E-state index contributed by atoms with van der Waals surface area (Å²) in [6.45, 7) is 2.80. The smallest absolute Gasteiger partial charge is 0.339 e. The van der Waals surface area contributed by atoms with Gasteiger partial charge in [0.1, 0.15) is 29.2 Å². The van der Waals surface area contributed by atoms with Crippen molar-refractivity contribution in [1.82, 2.24) is 9.97 Å². The minimum Gasteiger partial charge on any atom is -0.496 e. The second-order valence-electron chi connectivity index (χ2n) is 9.06. The number of anilines is 1. The summed E-state index contributed by atoms with van der Waals surface area (Å²) >= 11 is 0. The molecule has 0 amide bonds. The van der Waals surface area contributed by atoms with Gasteiger partial charge in [-0.1, -0.05) is 30.3 Å². The molecular formula is C29H29N3O4. The third kappa shape index (κ3) is 4.82. The Morgan fingerprint density at radius 1 is 1.08 bits per heavy atom. The van der Waals surface area contributed by atoms with Crippen molar-refractivity contribution in [3.05, 3.63) is 77.6 Å². The van der Waals surface area contributed by atoms with Crippen LogP contribution in [0.3, 0.4) is 0 Å². The summed E-state index contributed by atoms with van der Waals surface area (Å²) in [7, 11) is 1.70. The predicted octanol–water partition coefficient (Wildman–Crippen LogP) is 5.90. The molecule has 5 rings (SSSR count). The fourth-order valence-corrected chi connectivity index (χ4v) is 4.58. The van der Waals surface area contributed by atoms with Gasteiger partial charge in [-0.05, 0) is 72.7 Å². The van der Waals surface area contributed by atoms with Crippen molar-refractivity contribution < 1.29 is 19.4 Å². The third-order valence-electron chi connectivity index (χ3n) is 6.82. The molecule has 1 aromatic heterocycles. The number of benzene rings is 3. The van der Waals surface area contributed by atoms with Crippen molar-refractivity contribution in [2.45, 2.75) is 38.7 Å². The van der Waals surface area contributed by atoms with Crippen molar-refractivity contribution in [1.29, 1.82) is 0 Å². The van der Waals surface area contributed by atoms with E-state index < -0.39 is 5.97 Å². The Hall–Kier alpha value is -4.13. The quantitative estimate of drug-likeness (QED) is 0.306. The molecule has 0 saturated heterocycles. The Balaban J connectivity index is 1.33. The first-order valence-electron chi connectivity index (χ1n) is 12.2. The van der Waals surface area contributed by atoms with Gasteiger partial charge in [0.05, 0.1) is 18.9 Å². The molecule has 1 fully saturated rings. The molecule has 184 valence electrons. The normalized spacial score (nSPS) is 13.3. The molecule has 0 unspecified atom stereocenters. The van der Waals surface area contributed by atoms with E-state index in [0.29, 0.717) is 23.8 Å². The van der Waals surface area contributed by atoms with Crippen LogP contribution in [0.15, 0.2) is 60.9 Å². The van der Waals surface area contributed by atoms with Crippen molar-refractivity contribution in [2.24, 2.45) is 0 Å². The summed E-state index contributed by atoms with van der Waals surface area (Å²) in [5, 5.41) is 15.3. The van der Waals surface area contributed by atoms with Gasteiger partial charge in [0.15, 0.2) is 0 Å². The van der Waals surface area contributed by atoms with Crippen LogP contribution in [-0.4, -0.2) is 40.8 Å². The van der Waals surface area contributed by atoms with Gasteiger partial charge in [-0.25, -0.2) is 14.8 Å². The van der Waals surface area contributed by atoms with Crippen LogP contribution < -0.4 is 14.8 Å². The molecule has 1 aliphatic rings. The molecule has 0 bridgehead atoms. The van der Waals surface area contributed by atoms with Crippen LogP contribution in [-0.2, 0) is 6.42 Å². The lowest BCUT2D eigenvalue weighted by molar-refractivity contribution is 0.0680. The van der Waals surface area contributed by atoms with E-state index in [-0.39, 0.29) is 11.7 Å².